The fraction of sp³-hybridized carbons (Fsp3) is 0.480. The van der Waals surface area contributed by atoms with E-state index < -0.39 is 10.0 Å². The molecule has 1 unspecified atom stereocenters. The summed E-state index contributed by atoms with van der Waals surface area (Å²) in [5.74, 6) is -0.0244. The van der Waals surface area contributed by atoms with E-state index in [-0.39, 0.29) is 23.4 Å². The predicted octanol–water partition coefficient (Wildman–Crippen LogP) is 3.71. The van der Waals surface area contributed by atoms with Crippen LogP contribution in [0.2, 0.25) is 0 Å². The lowest BCUT2D eigenvalue weighted by molar-refractivity contribution is -0.117. The first kappa shape index (κ1) is 23.6. The van der Waals surface area contributed by atoms with Crippen LogP contribution in [0.25, 0.3) is 0 Å². The van der Waals surface area contributed by atoms with Gasteiger partial charge in [0, 0.05) is 38.9 Å². The molecule has 2 aromatic carbocycles. The van der Waals surface area contributed by atoms with Gasteiger partial charge in [0.1, 0.15) is 0 Å². The molecule has 2 heterocycles. The Balaban J connectivity index is 1.57. The van der Waals surface area contributed by atoms with Crippen LogP contribution in [0.3, 0.4) is 0 Å². The van der Waals surface area contributed by atoms with E-state index in [1.54, 1.807) is 16.4 Å². The van der Waals surface area contributed by atoms with Gasteiger partial charge in [-0.1, -0.05) is 24.6 Å². The number of aryl methyl sites for hydroxylation is 1. The average Bonchev–Trinajstić information content (AvgIpc) is 2.82. The maximum Gasteiger partial charge on any atom is 0.246 e. The van der Waals surface area contributed by atoms with Crippen molar-refractivity contribution in [1.29, 1.82) is 0 Å². The summed E-state index contributed by atoms with van der Waals surface area (Å²) in [5.41, 5.74) is 3.64. The zero-order valence-corrected chi connectivity index (χ0v) is 20.6. The predicted molar refractivity (Wildman–Crippen MR) is 134 cm³/mol. The van der Waals surface area contributed by atoms with Crippen LogP contribution in [0, 0.1) is 0 Å². The van der Waals surface area contributed by atoms with Crippen LogP contribution in [-0.2, 0) is 21.2 Å². The highest BCUT2D eigenvalue weighted by Crippen LogP contribution is 2.32. The van der Waals surface area contributed by atoms with Gasteiger partial charge in [0.05, 0.1) is 22.8 Å². The van der Waals surface area contributed by atoms with Crippen LogP contribution in [-0.4, -0.2) is 58.4 Å². The minimum absolute atomic E-state index is 0.0244. The Morgan fingerprint density at radius 1 is 1.09 bits per heavy atom. The van der Waals surface area contributed by atoms with Gasteiger partial charge in [-0.3, -0.25) is 4.79 Å². The summed E-state index contributed by atoms with van der Waals surface area (Å²) in [6.45, 7) is 3.29. The fourth-order valence-corrected chi connectivity index (χ4v) is 6.33. The number of nitrogens with one attached hydrogen (secondary N) is 1. The Hall–Kier alpha value is -2.58. The molecular weight excluding hydrogens is 436 g/mol. The van der Waals surface area contributed by atoms with Crippen LogP contribution < -0.4 is 15.1 Å². The van der Waals surface area contributed by atoms with Crippen LogP contribution in [0.15, 0.2) is 47.4 Å². The summed E-state index contributed by atoms with van der Waals surface area (Å²) in [4.78, 5) is 17.3. The highest BCUT2D eigenvalue weighted by molar-refractivity contribution is 7.89. The van der Waals surface area contributed by atoms with E-state index in [0.717, 1.165) is 43.5 Å². The summed E-state index contributed by atoms with van der Waals surface area (Å²) < 4.78 is 28.0. The number of fused-ring (bicyclic) bond motifs is 1. The summed E-state index contributed by atoms with van der Waals surface area (Å²) in [7, 11) is 0.258. The Bertz CT molecular complexity index is 1110. The summed E-state index contributed by atoms with van der Waals surface area (Å²) >= 11 is 0. The van der Waals surface area contributed by atoms with Gasteiger partial charge in [0.25, 0.3) is 0 Å². The van der Waals surface area contributed by atoms with Crippen molar-refractivity contribution in [3.63, 3.8) is 0 Å². The van der Waals surface area contributed by atoms with E-state index in [2.05, 4.69) is 18.3 Å². The number of benzene rings is 2. The molecule has 0 bridgehead atoms. The van der Waals surface area contributed by atoms with Crippen molar-refractivity contribution in [3.05, 3.63) is 48.0 Å². The maximum atomic E-state index is 13.3. The Kier molecular flexibility index (Phi) is 6.95. The van der Waals surface area contributed by atoms with E-state index in [1.807, 2.05) is 48.2 Å². The Labute approximate surface area is 197 Å². The Morgan fingerprint density at radius 2 is 1.82 bits per heavy atom. The highest BCUT2D eigenvalue weighted by atomic mass is 32.2. The molecule has 1 N–H and O–H groups in total. The molecule has 0 aromatic heterocycles. The van der Waals surface area contributed by atoms with Gasteiger partial charge in [-0.15, -0.1) is 0 Å². The normalized spacial score (nSPS) is 19.1. The van der Waals surface area contributed by atoms with Gasteiger partial charge in [-0.2, -0.15) is 4.31 Å². The highest BCUT2D eigenvalue weighted by Gasteiger charge is 2.29. The molecule has 33 heavy (non-hydrogen) atoms. The molecule has 2 aliphatic heterocycles. The van der Waals surface area contributed by atoms with Gasteiger partial charge in [0.2, 0.25) is 15.9 Å². The van der Waals surface area contributed by atoms with Gasteiger partial charge in [0.15, 0.2) is 0 Å². The molecule has 1 saturated heterocycles. The third kappa shape index (κ3) is 4.87. The number of carbonyl (C=O) groups is 1. The van der Waals surface area contributed by atoms with E-state index in [4.69, 9.17) is 0 Å². The zero-order valence-electron chi connectivity index (χ0n) is 19.8. The summed E-state index contributed by atoms with van der Waals surface area (Å²) in [6.07, 6.45) is 4.75. The molecule has 2 aliphatic rings. The molecule has 178 valence electrons. The molecule has 1 atom stereocenters. The van der Waals surface area contributed by atoms with Crippen molar-refractivity contribution < 1.29 is 13.2 Å². The fourth-order valence-electron chi connectivity index (χ4n) is 4.79. The number of hydrogen-bond donors (Lipinski definition) is 1. The van der Waals surface area contributed by atoms with Crippen molar-refractivity contribution in [1.82, 2.24) is 4.31 Å². The number of anilines is 3. The number of hydrogen-bond acceptors (Lipinski definition) is 5. The number of carbonyl (C=O) groups excluding carboxylic acids is 1. The van der Waals surface area contributed by atoms with Gasteiger partial charge >= 0.3 is 0 Å². The van der Waals surface area contributed by atoms with E-state index in [1.165, 1.54) is 5.56 Å². The molecule has 0 spiro atoms. The number of amides is 1. The van der Waals surface area contributed by atoms with Crippen molar-refractivity contribution in [2.24, 2.45) is 0 Å². The van der Waals surface area contributed by atoms with Crippen LogP contribution in [0.4, 0.5) is 17.1 Å². The van der Waals surface area contributed by atoms with Crippen molar-refractivity contribution in [2.75, 3.05) is 48.8 Å². The zero-order chi connectivity index (χ0) is 23.6. The van der Waals surface area contributed by atoms with Crippen molar-refractivity contribution in [3.8, 4) is 0 Å². The number of rotatable bonds is 6. The standard InChI is InChI=1S/C25H34N4O3S/c1-19-11-12-20-9-5-6-10-23(20)29(19)25(30)18-26-22-17-21(13-14-24(22)27(2)3)33(31,32)28-15-7-4-8-16-28/h5-6,9-10,13-14,17,19,26H,4,7-8,11-12,15-16,18H2,1-3H3. The van der Waals surface area contributed by atoms with Gasteiger partial charge in [-0.25, -0.2) is 8.42 Å². The van der Waals surface area contributed by atoms with Crippen LogP contribution >= 0.6 is 0 Å². The van der Waals surface area contributed by atoms with E-state index >= 15 is 0 Å². The number of piperidine rings is 1. The third-order valence-corrected chi connectivity index (χ3v) is 8.52. The second-order valence-electron chi connectivity index (χ2n) is 9.17. The van der Waals surface area contributed by atoms with Crippen LogP contribution in [0.1, 0.15) is 38.2 Å². The summed E-state index contributed by atoms with van der Waals surface area (Å²) in [5, 5.41) is 3.24. The van der Waals surface area contributed by atoms with Crippen LogP contribution in [0.5, 0.6) is 0 Å². The van der Waals surface area contributed by atoms with Crippen molar-refractivity contribution >= 4 is 33.0 Å². The molecule has 7 nitrogen and oxygen atoms in total. The lowest BCUT2D eigenvalue weighted by Gasteiger charge is -2.35. The summed E-state index contributed by atoms with van der Waals surface area (Å²) in [6, 6.07) is 13.3. The van der Waals surface area contributed by atoms with Gasteiger partial charge < -0.3 is 15.1 Å². The molecule has 4 rings (SSSR count). The molecule has 1 amide bonds. The molecule has 8 heteroatoms. The number of sulfonamides is 1. The molecular formula is C25H34N4O3S. The number of nitrogens with zero attached hydrogens (tertiary/aromatic N) is 3. The Morgan fingerprint density at radius 3 is 2.55 bits per heavy atom. The average molecular weight is 471 g/mol. The quantitative estimate of drug-likeness (QED) is 0.697. The SMILES string of the molecule is CC1CCc2ccccc2N1C(=O)CNc1cc(S(=O)(=O)N2CCCCC2)ccc1N(C)C. The third-order valence-electron chi connectivity index (χ3n) is 6.62. The monoisotopic (exact) mass is 470 g/mol. The number of para-hydroxylation sites is 1. The second kappa shape index (κ2) is 9.73. The van der Waals surface area contributed by atoms with E-state index in [9.17, 15) is 13.2 Å². The molecule has 0 saturated carbocycles. The first-order valence-electron chi connectivity index (χ1n) is 11.7. The van der Waals surface area contributed by atoms with Gasteiger partial charge in [-0.05, 0) is 62.4 Å². The first-order valence-corrected chi connectivity index (χ1v) is 13.2. The largest absolute Gasteiger partial charge is 0.376 e. The molecule has 2 aromatic rings. The smallest absolute Gasteiger partial charge is 0.246 e. The molecule has 0 radical (unpaired) electrons. The lowest BCUT2D eigenvalue weighted by Crippen LogP contribution is -2.44. The minimum atomic E-state index is -3.56. The molecule has 1 fully saturated rings. The van der Waals surface area contributed by atoms with Crippen molar-refractivity contribution in [2.45, 2.75) is 50.0 Å². The lowest BCUT2D eigenvalue weighted by atomic mass is 9.96. The first-order chi connectivity index (χ1) is 15.8. The topological polar surface area (TPSA) is 73.0 Å². The minimum Gasteiger partial charge on any atom is -0.376 e. The molecule has 0 aliphatic carbocycles. The van der Waals surface area contributed by atoms with E-state index in [0.29, 0.717) is 18.8 Å². The maximum absolute atomic E-state index is 13.3. The second-order valence-corrected chi connectivity index (χ2v) is 11.1.